The van der Waals surface area contributed by atoms with E-state index in [-0.39, 0.29) is 17.8 Å². The number of carbonyl (C=O) groups excluding carboxylic acids is 1. The number of thioether (sulfide) groups is 1. The third-order valence-corrected chi connectivity index (χ3v) is 5.89. The summed E-state index contributed by atoms with van der Waals surface area (Å²) in [5.74, 6) is 2.05. The van der Waals surface area contributed by atoms with Crippen LogP contribution in [0.2, 0.25) is 0 Å². The fraction of sp³-hybridized carbons (Fsp3) is 0.550. The first-order chi connectivity index (χ1) is 11.3. The summed E-state index contributed by atoms with van der Waals surface area (Å²) in [4.78, 5) is 12.6. The molecule has 0 aromatic heterocycles. The van der Waals surface area contributed by atoms with Crippen LogP contribution >= 0.6 is 11.8 Å². The average molecular weight is 349 g/mol. The highest BCUT2D eigenvalue weighted by Gasteiger charge is 2.34. The van der Waals surface area contributed by atoms with Crippen molar-refractivity contribution in [3.8, 4) is 0 Å². The zero-order valence-corrected chi connectivity index (χ0v) is 16.1. The molecule has 1 aliphatic rings. The van der Waals surface area contributed by atoms with Gasteiger partial charge in [0.15, 0.2) is 0 Å². The number of benzene rings is 1. The zero-order valence-electron chi connectivity index (χ0n) is 15.3. The standard InChI is InChI=1S/C20H28O3S/c1-6-7-24-11-15(5)17-10-16(21)19(20(22)23-17)18-13(3)8-12(2)9-14(18)4/h8-9,15,17,21H,6-7,10-11H2,1-5H3. The molecule has 0 saturated carbocycles. The van der Waals surface area contributed by atoms with Gasteiger partial charge in [0.2, 0.25) is 0 Å². The molecule has 0 radical (unpaired) electrons. The number of hydrogen-bond acceptors (Lipinski definition) is 4. The highest BCUT2D eigenvalue weighted by molar-refractivity contribution is 7.99. The summed E-state index contributed by atoms with van der Waals surface area (Å²) in [6.07, 6.45) is 1.31. The van der Waals surface area contributed by atoms with Gasteiger partial charge in [-0.1, -0.05) is 31.5 Å². The van der Waals surface area contributed by atoms with Gasteiger partial charge in [0.05, 0.1) is 0 Å². The number of aryl methyl sites for hydroxylation is 3. The van der Waals surface area contributed by atoms with Crippen LogP contribution in [0.1, 0.15) is 48.9 Å². The van der Waals surface area contributed by atoms with E-state index in [1.807, 2.05) is 44.7 Å². The highest BCUT2D eigenvalue weighted by atomic mass is 32.2. The van der Waals surface area contributed by atoms with E-state index in [0.717, 1.165) is 40.2 Å². The van der Waals surface area contributed by atoms with E-state index in [2.05, 4.69) is 13.8 Å². The summed E-state index contributed by atoms with van der Waals surface area (Å²) in [6.45, 7) is 10.2. The first kappa shape index (κ1) is 18.9. The van der Waals surface area contributed by atoms with Gasteiger partial charge in [0.25, 0.3) is 0 Å². The fourth-order valence-electron chi connectivity index (χ4n) is 3.31. The zero-order chi connectivity index (χ0) is 17.9. The molecule has 1 heterocycles. The second kappa shape index (κ2) is 8.11. The minimum atomic E-state index is -0.397. The maximum Gasteiger partial charge on any atom is 0.342 e. The van der Waals surface area contributed by atoms with Crippen molar-refractivity contribution >= 4 is 23.3 Å². The number of cyclic esters (lactones) is 1. The molecule has 1 aromatic rings. The van der Waals surface area contributed by atoms with Gasteiger partial charge < -0.3 is 9.84 Å². The van der Waals surface area contributed by atoms with Crippen molar-refractivity contribution in [3.63, 3.8) is 0 Å². The molecule has 0 aliphatic carbocycles. The summed E-state index contributed by atoms with van der Waals surface area (Å²) in [5.41, 5.74) is 4.30. The smallest absolute Gasteiger partial charge is 0.342 e. The Bertz CT molecular complexity index is 625. The molecule has 4 heteroatoms. The van der Waals surface area contributed by atoms with E-state index < -0.39 is 5.97 Å². The van der Waals surface area contributed by atoms with Crippen molar-refractivity contribution < 1.29 is 14.6 Å². The Morgan fingerprint density at radius 2 is 1.92 bits per heavy atom. The van der Waals surface area contributed by atoms with Crippen LogP contribution in [0.15, 0.2) is 17.9 Å². The van der Waals surface area contributed by atoms with Crippen LogP contribution in [-0.2, 0) is 9.53 Å². The Morgan fingerprint density at radius 1 is 1.29 bits per heavy atom. The Kier molecular flexibility index (Phi) is 6.39. The predicted octanol–water partition coefficient (Wildman–Crippen LogP) is 4.98. The molecule has 24 heavy (non-hydrogen) atoms. The molecule has 2 unspecified atom stereocenters. The van der Waals surface area contributed by atoms with Crippen molar-refractivity contribution in [3.05, 3.63) is 40.1 Å². The minimum Gasteiger partial charge on any atom is -0.511 e. The molecule has 1 N–H and O–H groups in total. The van der Waals surface area contributed by atoms with Crippen LogP contribution in [0.3, 0.4) is 0 Å². The summed E-state index contributed by atoms with van der Waals surface area (Å²) >= 11 is 1.87. The van der Waals surface area contributed by atoms with E-state index in [9.17, 15) is 9.90 Å². The summed E-state index contributed by atoms with van der Waals surface area (Å²) in [5, 5.41) is 10.6. The van der Waals surface area contributed by atoms with Gasteiger partial charge in [-0.15, -0.1) is 0 Å². The lowest BCUT2D eigenvalue weighted by molar-refractivity contribution is -0.145. The van der Waals surface area contributed by atoms with E-state index in [1.54, 1.807) is 0 Å². The van der Waals surface area contributed by atoms with E-state index in [4.69, 9.17) is 4.74 Å². The topological polar surface area (TPSA) is 46.5 Å². The van der Waals surface area contributed by atoms with Crippen LogP contribution in [0, 0.1) is 26.7 Å². The molecule has 2 rings (SSSR count). The number of ether oxygens (including phenoxy) is 1. The second-order valence-corrected chi connectivity index (χ2v) is 7.95. The van der Waals surface area contributed by atoms with Crippen molar-refractivity contribution in [1.29, 1.82) is 0 Å². The molecule has 1 aliphatic heterocycles. The minimum absolute atomic E-state index is 0.165. The lowest BCUT2D eigenvalue weighted by Crippen LogP contribution is -2.32. The maximum absolute atomic E-state index is 12.6. The highest BCUT2D eigenvalue weighted by Crippen LogP contribution is 2.34. The Hall–Kier alpha value is -1.42. The normalized spacial score (nSPS) is 19.4. The number of rotatable bonds is 6. The van der Waals surface area contributed by atoms with Crippen molar-refractivity contribution in [2.45, 2.75) is 53.6 Å². The quantitative estimate of drug-likeness (QED) is 0.582. The van der Waals surface area contributed by atoms with Gasteiger partial charge in [0.1, 0.15) is 17.4 Å². The molecule has 0 amide bonds. The van der Waals surface area contributed by atoms with Gasteiger partial charge in [-0.05, 0) is 55.4 Å². The van der Waals surface area contributed by atoms with Crippen molar-refractivity contribution in [2.75, 3.05) is 11.5 Å². The summed E-state index contributed by atoms with van der Waals surface area (Å²) in [7, 11) is 0. The predicted molar refractivity (Wildman–Crippen MR) is 101 cm³/mol. The first-order valence-corrected chi connectivity index (χ1v) is 9.79. The fourth-order valence-corrected chi connectivity index (χ4v) is 4.35. The van der Waals surface area contributed by atoms with Gasteiger partial charge in [-0.2, -0.15) is 11.8 Å². The number of carbonyl (C=O) groups is 1. The molecule has 2 atom stereocenters. The molecular formula is C20H28O3S. The number of esters is 1. The van der Waals surface area contributed by atoms with Gasteiger partial charge in [-0.3, -0.25) is 0 Å². The third-order valence-electron chi connectivity index (χ3n) is 4.44. The van der Waals surface area contributed by atoms with Crippen molar-refractivity contribution in [2.24, 2.45) is 5.92 Å². The summed E-state index contributed by atoms with van der Waals surface area (Å²) in [6, 6.07) is 4.07. The Balaban J connectivity index is 2.25. The molecule has 3 nitrogen and oxygen atoms in total. The van der Waals surface area contributed by atoms with Crippen LogP contribution < -0.4 is 0 Å². The SMILES string of the molecule is CCCSCC(C)C1CC(O)=C(c2c(C)cc(C)cc2C)C(=O)O1. The Morgan fingerprint density at radius 3 is 2.46 bits per heavy atom. The van der Waals surface area contributed by atoms with E-state index in [1.165, 1.54) is 0 Å². The third kappa shape index (κ3) is 4.15. The average Bonchev–Trinajstić information content (AvgIpc) is 2.48. The van der Waals surface area contributed by atoms with Gasteiger partial charge in [0, 0.05) is 12.3 Å². The lowest BCUT2D eigenvalue weighted by Gasteiger charge is -2.29. The van der Waals surface area contributed by atoms with Gasteiger partial charge >= 0.3 is 5.97 Å². The number of aliphatic hydroxyl groups excluding tert-OH is 1. The molecular weight excluding hydrogens is 320 g/mol. The van der Waals surface area contributed by atoms with Crippen LogP contribution in [-0.4, -0.2) is 28.7 Å². The van der Waals surface area contributed by atoms with Gasteiger partial charge in [-0.25, -0.2) is 4.79 Å². The largest absolute Gasteiger partial charge is 0.511 e. The lowest BCUT2D eigenvalue weighted by atomic mass is 9.89. The second-order valence-electron chi connectivity index (χ2n) is 6.80. The van der Waals surface area contributed by atoms with Crippen LogP contribution in [0.5, 0.6) is 0 Å². The number of aliphatic hydroxyl groups is 1. The maximum atomic E-state index is 12.6. The molecule has 0 spiro atoms. The molecule has 0 saturated heterocycles. The molecule has 0 bridgehead atoms. The monoisotopic (exact) mass is 348 g/mol. The van der Waals surface area contributed by atoms with Crippen LogP contribution in [0.4, 0.5) is 0 Å². The Labute approximate surface area is 149 Å². The molecule has 132 valence electrons. The summed E-state index contributed by atoms with van der Waals surface area (Å²) < 4.78 is 5.69. The van der Waals surface area contributed by atoms with E-state index in [0.29, 0.717) is 12.0 Å². The first-order valence-electron chi connectivity index (χ1n) is 8.64. The van der Waals surface area contributed by atoms with E-state index >= 15 is 0 Å². The number of hydrogen-bond donors (Lipinski definition) is 1. The van der Waals surface area contributed by atoms with Crippen molar-refractivity contribution in [1.82, 2.24) is 0 Å². The molecule has 0 fully saturated rings. The molecule has 1 aromatic carbocycles. The van der Waals surface area contributed by atoms with Crippen LogP contribution in [0.25, 0.3) is 5.57 Å².